The number of hydrogen-bond acceptors (Lipinski definition) is 5. The number of fused-ring (bicyclic) bond motifs is 1. The average molecular weight is 420 g/mol. The summed E-state index contributed by atoms with van der Waals surface area (Å²) in [5.41, 5.74) is 4.28. The van der Waals surface area contributed by atoms with E-state index in [1.54, 1.807) is 11.8 Å². The van der Waals surface area contributed by atoms with E-state index in [1.807, 2.05) is 0 Å². The molecule has 165 valence electrons. The Hall–Kier alpha value is -2.45. The molecule has 0 bridgehead atoms. The Morgan fingerprint density at radius 2 is 1.87 bits per heavy atom. The maximum atomic E-state index is 13.5. The number of ketones is 1. The highest BCUT2D eigenvalue weighted by atomic mass is 16.2. The summed E-state index contributed by atoms with van der Waals surface area (Å²) in [5.74, 6) is -1.89. The fourth-order valence-electron chi connectivity index (χ4n) is 5.01. The van der Waals surface area contributed by atoms with Gasteiger partial charge in [0.25, 0.3) is 0 Å². The number of Topliss-reactive ketones (excluding diaryl/α,β-unsaturated/α-hetero) is 1. The molecule has 4 amide bonds. The fourth-order valence-corrected chi connectivity index (χ4v) is 5.01. The van der Waals surface area contributed by atoms with Crippen molar-refractivity contribution in [2.45, 2.75) is 76.4 Å². The van der Waals surface area contributed by atoms with Gasteiger partial charge in [0.2, 0.25) is 23.6 Å². The van der Waals surface area contributed by atoms with Crippen molar-refractivity contribution < 1.29 is 24.0 Å². The maximum absolute atomic E-state index is 13.5. The Kier molecular flexibility index (Phi) is 6.47. The van der Waals surface area contributed by atoms with Crippen molar-refractivity contribution in [2.75, 3.05) is 13.1 Å². The van der Waals surface area contributed by atoms with Crippen LogP contribution in [0.4, 0.5) is 0 Å². The van der Waals surface area contributed by atoms with Crippen LogP contribution < -0.4 is 11.1 Å². The minimum atomic E-state index is -0.959. The number of nitrogens with two attached hydrogens (primary N) is 1. The van der Waals surface area contributed by atoms with E-state index in [4.69, 9.17) is 5.73 Å². The Morgan fingerprint density at radius 1 is 1.20 bits per heavy atom. The number of primary amides is 1. The zero-order valence-corrected chi connectivity index (χ0v) is 17.7. The maximum Gasteiger partial charge on any atom is 0.249 e. The Morgan fingerprint density at radius 3 is 2.47 bits per heavy atom. The number of carbonyl (C=O) groups is 5. The van der Waals surface area contributed by atoms with Crippen molar-refractivity contribution >= 4 is 29.4 Å². The fraction of sp³-hybridized carbons (Fsp3) is 0.714. The molecule has 1 aliphatic carbocycles. The summed E-state index contributed by atoms with van der Waals surface area (Å²) in [6, 6.07) is -1.04. The zero-order chi connectivity index (χ0) is 22.1. The summed E-state index contributed by atoms with van der Waals surface area (Å²) in [5, 5.41) is 2.87. The van der Waals surface area contributed by atoms with Gasteiger partial charge in [-0.15, -0.1) is 0 Å². The van der Waals surface area contributed by atoms with Crippen molar-refractivity contribution in [2.24, 2.45) is 11.7 Å². The molecule has 3 unspecified atom stereocenters. The quantitative estimate of drug-likeness (QED) is 0.622. The SMILES string of the molecule is CC(=O)NC1(C(=O)N2CC(=O)C3C2CCN3C(=O)[CH]CC(C)C(N)=O)CCCCC1. The summed E-state index contributed by atoms with van der Waals surface area (Å²) in [7, 11) is 0. The van der Waals surface area contributed by atoms with Crippen molar-refractivity contribution in [1.82, 2.24) is 15.1 Å². The van der Waals surface area contributed by atoms with E-state index in [1.165, 1.54) is 18.2 Å². The van der Waals surface area contributed by atoms with Crippen LogP contribution in [0, 0.1) is 12.3 Å². The van der Waals surface area contributed by atoms with Gasteiger partial charge in [-0.2, -0.15) is 0 Å². The van der Waals surface area contributed by atoms with Crippen LogP contribution >= 0.6 is 0 Å². The lowest BCUT2D eigenvalue weighted by atomic mass is 9.80. The Balaban J connectivity index is 1.72. The Labute approximate surface area is 176 Å². The first-order valence-corrected chi connectivity index (χ1v) is 10.7. The first kappa shape index (κ1) is 22.2. The van der Waals surface area contributed by atoms with E-state index < -0.39 is 23.4 Å². The second kappa shape index (κ2) is 8.73. The molecular formula is C21H31N4O5. The van der Waals surface area contributed by atoms with E-state index in [-0.39, 0.29) is 42.5 Å². The van der Waals surface area contributed by atoms with Gasteiger partial charge in [0.15, 0.2) is 5.78 Å². The van der Waals surface area contributed by atoms with E-state index in [2.05, 4.69) is 5.32 Å². The lowest BCUT2D eigenvalue weighted by molar-refractivity contribution is -0.144. The molecule has 3 atom stereocenters. The van der Waals surface area contributed by atoms with Crippen LogP contribution in [0.25, 0.3) is 0 Å². The molecule has 3 aliphatic rings. The standard InChI is InChI=1S/C21H31N4O5/c1-13(19(22)29)6-7-17(28)24-11-8-15-18(24)16(27)12-25(15)20(30)21(23-14(2)26)9-4-3-5-10-21/h7,13,15,18H,3-6,8-12H2,1-2H3,(H2,22,29)(H,23,26). The highest BCUT2D eigenvalue weighted by Gasteiger charge is 2.55. The van der Waals surface area contributed by atoms with Gasteiger partial charge in [0.05, 0.1) is 19.0 Å². The number of rotatable bonds is 6. The van der Waals surface area contributed by atoms with Gasteiger partial charge >= 0.3 is 0 Å². The first-order chi connectivity index (χ1) is 14.2. The van der Waals surface area contributed by atoms with Gasteiger partial charge in [-0.05, 0) is 25.7 Å². The molecule has 9 heteroatoms. The summed E-state index contributed by atoms with van der Waals surface area (Å²) >= 11 is 0. The van der Waals surface area contributed by atoms with Gasteiger partial charge in [0, 0.05) is 19.4 Å². The topological polar surface area (TPSA) is 130 Å². The summed E-state index contributed by atoms with van der Waals surface area (Å²) in [4.78, 5) is 65.0. The highest BCUT2D eigenvalue weighted by molar-refractivity contribution is 6.01. The number of hydrogen-bond donors (Lipinski definition) is 2. The largest absolute Gasteiger partial charge is 0.369 e. The van der Waals surface area contributed by atoms with E-state index in [0.717, 1.165) is 19.3 Å². The van der Waals surface area contributed by atoms with Crippen molar-refractivity contribution in [1.29, 1.82) is 0 Å². The molecule has 2 aliphatic heterocycles. The lowest BCUT2D eigenvalue weighted by Gasteiger charge is -2.40. The minimum absolute atomic E-state index is 0.0447. The van der Waals surface area contributed by atoms with Gasteiger partial charge in [-0.3, -0.25) is 24.0 Å². The molecule has 9 nitrogen and oxygen atoms in total. The van der Waals surface area contributed by atoms with Crippen LogP contribution in [0.3, 0.4) is 0 Å². The predicted octanol–water partition coefficient (Wildman–Crippen LogP) is -0.0780. The highest BCUT2D eigenvalue weighted by Crippen LogP contribution is 2.36. The van der Waals surface area contributed by atoms with Crippen LogP contribution in [0.1, 0.15) is 58.8 Å². The van der Waals surface area contributed by atoms with E-state index >= 15 is 0 Å². The van der Waals surface area contributed by atoms with Crippen LogP contribution in [0.2, 0.25) is 0 Å². The molecule has 2 heterocycles. The van der Waals surface area contributed by atoms with Crippen molar-refractivity contribution in [3.63, 3.8) is 0 Å². The van der Waals surface area contributed by atoms with Gasteiger partial charge < -0.3 is 20.9 Å². The molecule has 1 saturated carbocycles. The molecule has 3 N–H and O–H groups in total. The normalized spacial score (nSPS) is 26.3. The molecule has 0 spiro atoms. The van der Waals surface area contributed by atoms with E-state index in [0.29, 0.717) is 25.8 Å². The molecular weight excluding hydrogens is 388 g/mol. The van der Waals surface area contributed by atoms with Crippen LogP contribution in [-0.2, 0) is 24.0 Å². The zero-order valence-electron chi connectivity index (χ0n) is 17.7. The Bertz CT molecular complexity index is 746. The third-order valence-corrected chi connectivity index (χ3v) is 6.63. The van der Waals surface area contributed by atoms with Gasteiger partial charge in [0.1, 0.15) is 11.6 Å². The second-order valence-corrected chi connectivity index (χ2v) is 8.80. The summed E-state index contributed by atoms with van der Waals surface area (Å²) < 4.78 is 0. The first-order valence-electron chi connectivity index (χ1n) is 10.7. The van der Waals surface area contributed by atoms with Crippen LogP contribution in [-0.4, -0.2) is 69.9 Å². The number of amides is 4. The number of nitrogens with one attached hydrogen (secondary N) is 1. The predicted molar refractivity (Wildman–Crippen MR) is 108 cm³/mol. The van der Waals surface area contributed by atoms with Crippen molar-refractivity contribution in [3.8, 4) is 0 Å². The molecule has 3 rings (SSSR count). The number of nitrogens with zero attached hydrogens (tertiary/aromatic N) is 2. The van der Waals surface area contributed by atoms with Crippen LogP contribution in [0.5, 0.6) is 0 Å². The van der Waals surface area contributed by atoms with Gasteiger partial charge in [-0.1, -0.05) is 26.2 Å². The third-order valence-electron chi connectivity index (χ3n) is 6.63. The summed E-state index contributed by atoms with van der Waals surface area (Å²) in [6.07, 6.45) is 5.97. The number of likely N-dealkylation sites (tertiary alicyclic amines) is 2. The third kappa shape index (κ3) is 4.20. The molecule has 0 aromatic rings. The smallest absolute Gasteiger partial charge is 0.249 e. The molecule has 0 aromatic carbocycles. The second-order valence-electron chi connectivity index (χ2n) is 8.80. The average Bonchev–Trinajstić information content (AvgIpc) is 3.27. The minimum Gasteiger partial charge on any atom is -0.369 e. The van der Waals surface area contributed by atoms with Gasteiger partial charge in [-0.25, -0.2) is 0 Å². The number of carbonyl (C=O) groups excluding carboxylic acids is 5. The van der Waals surface area contributed by atoms with E-state index in [9.17, 15) is 24.0 Å². The van der Waals surface area contributed by atoms with Crippen LogP contribution in [0.15, 0.2) is 0 Å². The van der Waals surface area contributed by atoms with Crippen molar-refractivity contribution in [3.05, 3.63) is 6.42 Å². The molecule has 3 fully saturated rings. The molecule has 2 saturated heterocycles. The summed E-state index contributed by atoms with van der Waals surface area (Å²) in [6.45, 7) is 3.38. The molecule has 1 radical (unpaired) electrons. The lowest BCUT2D eigenvalue weighted by Crippen LogP contribution is -2.61. The monoisotopic (exact) mass is 419 g/mol. The molecule has 30 heavy (non-hydrogen) atoms. The molecule has 0 aromatic heterocycles.